The molecule has 154 valence electrons. The van der Waals surface area contributed by atoms with Crippen LogP contribution in [0.4, 0.5) is 0 Å². The Labute approximate surface area is 169 Å². The average molecular weight is 386 g/mol. The van der Waals surface area contributed by atoms with E-state index in [2.05, 4.69) is 52.1 Å². The molecule has 0 aliphatic carbocycles. The topological polar surface area (TPSA) is 36.0 Å². The van der Waals surface area contributed by atoms with Gasteiger partial charge in [0, 0.05) is 64.2 Å². The number of piperazine rings is 1. The van der Waals surface area contributed by atoms with E-state index >= 15 is 0 Å². The van der Waals surface area contributed by atoms with Gasteiger partial charge in [0.05, 0.1) is 6.42 Å². The van der Waals surface area contributed by atoms with Gasteiger partial charge in [-0.05, 0) is 31.9 Å². The highest BCUT2D eigenvalue weighted by molar-refractivity contribution is 5.69. The summed E-state index contributed by atoms with van der Waals surface area (Å²) in [6.07, 6.45) is 6.34. The van der Waals surface area contributed by atoms with Gasteiger partial charge in [-0.1, -0.05) is 30.3 Å². The lowest BCUT2D eigenvalue weighted by atomic mass is 9.98. The Morgan fingerprint density at radius 2 is 1.68 bits per heavy atom. The van der Waals surface area contributed by atoms with Crippen LogP contribution in [0, 0.1) is 0 Å². The monoisotopic (exact) mass is 385 g/mol. The summed E-state index contributed by atoms with van der Waals surface area (Å²) in [5.74, 6) is 0.000985. The molecule has 2 unspecified atom stereocenters. The maximum Gasteiger partial charge on any atom is 0.307 e. The molecule has 1 aromatic carbocycles. The van der Waals surface area contributed by atoms with Crippen molar-refractivity contribution >= 4 is 5.97 Å². The first kappa shape index (κ1) is 19.9. The molecular weight excluding hydrogens is 350 g/mol. The summed E-state index contributed by atoms with van der Waals surface area (Å²) in [5.41, 5.74) is 1.42. The molecule has 0 aromatic heterocycles. The second-order valence-corrected chi connectivity index (χ2v) is 8.84. The third kappa shape index (κ3) is 5.13. The normalized spacial score (nSPS) is 29.1. The fourth-order valence-electron chi connectivity index (χ4n) is 5.15. The zero-order valence-electron chi connectivity index (χ0n) is 17.3. The lowest BCUT2D eigenvalue weighted by Gasteiger charge is -2.38. The second-order valence-electron chi connectivity index (χ2n) is 8.84. The average Bonchev–Trinajstić information content (AvgIpc) is 2.95. The molecule has 0 spiro atoms. The van der Waals surface area contributed by atoms with E-state index in [4.69, 9.17) is 4.74 Å². The number of benzene rings is 1. The summed E-state index contributed by atoms with van der Waals surface area (Å²) in [7, 11) is 2.16. The van der Waals surface area contributed by atoms with Crippen LogP contribution in [0.1, 0.15) is 37.7 Å². The van der Waals surface area contributed by atoms with Gasteiger partial charge in [-0.25, -0.2) is 0 Å². The number of piperidine rings is 1. The van der Waals surface area contributed by atoms with Gasteiger partial charge >= 0.3 is 5.97 Å². The number of rotatable bonds is 7. The van der Waals surface area contributed by atoms with E-state index in [0.29, 0.717) is 18.5 Å². The van der Waals surface area contributed by atoms with Crippen molar-refractivity contribution < 1.29 is 9.53 Å². The Morgan fingerprint density at radius 1 is 1.00 bits per heavy atom. The van der Waals surface area contributed by atoms with Crippen molar-refractivity contribution in [3.63, 3.8) is 0 Å². The highest BCUT2D eigenvalue weighted by Crippen LogP contribution is 2.37. The molecule has 2 bridgehead atoms. The van der Waals surface area contributed by atoms with Crippen LogP contribution in [0.15, 0.2) is 30.3 Å². The molecule has 0 radical (unpaired) electrons. The summed E-state index contributed by atoms with van der Waals surface area (Å²) >= 11 is 0. The number of likely N-dealkylation sites (N-methyl/N-ethyl adjacent to an activating group) is 1. The van der Waals surface area contributed by atoms with Gasteiger partial charge in [0.15, 0.2) is 0 Å². The van der Waals surface area contributed by atoms with Crippen LogP contribution in [-0.4, -0.2) is 85.2 Å². The zero-order chi connectivity index (χ0) is 19.3. The fourth-order valence-corrected chi connectivity index (χ4v) is 5.15. The lowest BCUT2D eigenvalue weighted by Crippen LogP contribution is -2.47. The number of carbonyl (C=O) groups excluding carboxylic acids is 1. The predicted octanol–water partition coefficient (Wildman–Crippen LogP) is 2.41. The summed E-state index contributed by atoms with van der Waals surface area (Å²) in [4.78, 5) is 19.8. The van der Waals surface area contributed by atoms with Crippen LogP contribution in [0.25, 0.3) is 0 Å². The molecule has 1 aromatic rings. The number of fused-ring (bicyclic) bond motifs is 2. The predicted molar refractivity (Wildman–Crippen MR) is 111 cm³/mol. The lowest BCUT2D eigenvalue weighted by molar-refractivity contribution is -0.153. The highest BCUT2D eigenvalue weighted by atomic mass is 16.5. The van der Waals surface area contributed by atoms with Gasteiger partial charge in [-0.2, -0.15) is 0 Å². The molecule has 3 aliphatic rings. The quantitative estimate of drug-likeness (QED) is 0.674. The van der Waals surface area contributed by atoms with E-state index < -0.39 is 0 Å². The molecule has 3 saturated heterocycles. The molecule has 5 nitrogen and oxygen atoms in total. The van der Waals surface area contributed by atoms with Gasteiger partial charge in [0.1, 0.15) is 6.10 Å². The Bertz CT molecular complexity index is 616. The van der Waals surface area contributed by atoms with Crippen molar-refractivity contribution in [2.24, 2.45) is 0 Å². The van der Waals surface area contributed by atoms with E-state index in [1.807, 2.05) is 0 Å². The Kier molecular flexibility index (Phi) is 6.65. The number of nitrogens with zero attached hydrogens (tertiary/aromatic N) is 3. The third-order valence-electron chi connectivity index (χ3n) is 6.87. The molecule has 3 fully saturated rings. The minimum absolute atomic E-state index is 0.000985. The van der Waals surface area contributed by atoms with E-state index in [-0.39, 0.29) is 12.1 Å². The smallest absolute Gasteiger partial charge is 0.307 e. The number of carbonyl (C=O) groups is 1. The second kappa shape index (κ2) is 9.38. The van der Waals surface area contributed by atoms with E-state index in [9.17, 15) is 4.79 Å². The molecule has 5 heteroatoms. The standard InChI is InChI=1S/C23H35N3O2/c1-24-13-15-25(16-14-24)11-10-23(27)28-22-17-20-7-8-21(18-22)26(20)12-9-19-5-3-2-4-6-19/h2-6,20-22H,7-18H2,1H3. The van der Waals surface area contributed by atoms with Crippen molar-refractivity contribution in [1.82, 2.24) is 14.7 Å². The van der Waals surface area contributed by atoms with Crippen LogP contribution < -0.4 is 0 Å². The van der Waals surface area contributed by atoms with Gasteiger partial charge in [-0.15, -0.1) is 0 Å². The molecule has 4 rings (SSSR count). The molecule has 3 heterocycles. The SMILES string of the molecule is CN1CCN(CCC(=O)OC2CC3CCC(C2)N3CCc2ccccc2)CC1. The van der Waals surface area contributed by atoms with Crippen LogP contribution >= 0.6 is 0 Å². The van der Waals surface area contributed by atoms with Gasteiger partial charge in [0.25, 0.3) is 0 Å². The van der Waals surface area contributed by atoms with Crippen molar-refractivity contribution in [3.8, 4) is 0 Å². The number of ether oxygens (including phenoxy) is 1. The Hall–Kier alpha value is -1.43. The van der Waals surface area contributed by atoms with Crippen LogP contribution in [0.2, 0.25) is 0 Å². The molecule has 28 heavy (non-hydrogen) atoms. The first-order chi connectivity index (χ1) is 13.7. The van der Waals surface area contributed by atoms with Crippen LogP contribution in [-0.2, 0) is 16.0 Å². The fraction of sp³-hybridized carbons (Fsp3) is 0.696. The van der Waals surface area contributed by atoms with Crippen molar-refractivity contribution in [2.75, 3.05) is 46.3 Å². The molecule has 0 saturated carbocycles. The van der Waals surface area contributed by atoms with Crippen molar-refractivity contribution in [1.29, 1.82) is 0 Å². The molecule has 0 N–H and O–H groups in total. The van der Waals surface area contributed by atoms with Gasteiger partial charge in [-0.3, -0.25) is 9.69 Å². The van der Waals surface area contributed by atoms with Gasteiger partial charge in [0.2, 0.25) is 0 Å². The summed E-state index contributed by atoms with van der Waals surface area (Å²) in [6, 6.07) is 12.0. The summed E-state index contributed by atoms with van der Waals surface area (Å²) in [5, 5.41) is 0. The maximum absolute atomic E-state index is 12.4. The minimum Gasteiger partial charge on any atom is -0.462 e. The molecule has 0 amide bonds. The van der Waals surface area contributed by atoms with E-state index in [1.165, 1.54) is 18.4 Å². The number of esters is 1. The van der Waals surface area contributed by atoms with Crippen molar-refractivity contribution in [3.05, 3.63) is 35.9 Å². The van der Waals surface area contributed by atoms with Crippen LogP contribution in [0.5, 0.6) is 0 Å². The van der Waals surface area contributed by atoms with E-state index in [0.717, 1.165) is 58.5 Å². The van der Waals surface area contributed by atoms with E-state index in [1.54, 1.807) is 0 Å². The molecule has 3 aliphatic heterocycles. The minimum atomic E-state index is 0.000985. The van der Waals surface area contributed by atoms with Crippen LogP contribution in [0.3, 0.4) is 0 Å². The largest absolute Gasteiger partial charge is 0.462 e. The Balaban J connectivity index is 1.19. The first-order valence-electron chi connectivity index (χ1n) is 11.1. The number of hydrogen-bond donors (Lipinski definition) is 0. The molecule has 2 atom stereocenters. The number of hydrogen-bond acceptors (Lipinski definition) is 5. The molecular formula is C23H35N3O2. The summed E-state index contributed by atoms with van der Waals surface area (Å²) in [6.45, 7) is 6.29. The first-order valence-corrected chi connectivity index (χ1v) is 11.1. The Morgan fingerprint density at radius 3 is 2.36 bits per heavy atom. The zero-order valence-corrected chi connectivity index (χ0v) is 17.3. The highest BCUT2D eigenvalue weighted by Gasteiger charge is 2.41. The summed E-state index contributed by atoms with van der Waals surface area (Å²) < 4.78 is 5.89. The van der Waals surface area contributed by atoms with Gasteiger partial charge < -0.3 is 14.5 Å². The van der Waals surface area contributed by atoms with Crippen molar-refractivity contribution in [2.45, 2.75) is 56.7 Å². The maximum atomic E-state index is 12.4. The third-order valence-corrected chi connectivity index (χ3v) is 6.87.